The van der Waals surface area contributed by atoms with E-state index in [1.165, 1.54) is 38.8 Å². The van der Waals surface area contributed by atoms with Crippen LogP contribution in [0.4, 0.5) is 0 Å². The largest absolute Gasteiger partial charge is 0.299 e. The van der Waals surface area contributed by atoms with Gasteiger partial charge in [-0.15, -0.1) is 0 Å². The topological polar surface area (TPSA) is 3.24 Å². The van der Waals surface area contributed by atoms with Gasteiger partial charge in [0, 0.05) is 16.5 Å². The molecule has 1 aliphatic carbocycles. The number of rotatable bonds is 1. The highest BCUT2D eigenvalue weighted by Gasteiger charge is 2.29. The Kier molecular flexibility index (Phi) is 2.18. The summed E-state index contributed by atoms with van der Waals surface area (Å²) in [5.74, 6) is 0. The third kappa shape index (κ3) is 1.33. The molecule has 2 heteroatoms. The summed E-state index contributed by atoms with van der Waals surface area (Å²) in [4.78, 5) is 2.68. The Morgan fingerprint density at radius 3 is 2.40 bits per heavy atom. The van der Waals surface area contributed by atoms with Crippen molar-refractivity contribution in [2.75, 3.05) is 13.1 Å². The van der Waals surface area contributed by atoms with Gasteiger partial charge in [-0.2, -0.15) is 0 Å². The minimum atomic E-state index is 0.943. The van der Waals surface area contributed by atoms with Crippen LogP contribution in [0.2, 0.25) is 0 Å². The van der Waals surface area contributed by atoms with Crippen molar-refractivity contribution in [2.45, 2.75) is 35.6 Å². The number of likely N-dealkylation sites (tertiary alicyclic amines) is 1. The van der Waals surface area contributed by atoms with E-state index >= 15 is 0 Å². The van der Waals surface area contributed by atoms with Crippen LogP contribution in [0, 0.1) is 0 Å². The fraction of sp³-hybridized carbons (Fsp3) is 1.00. The zero-order valence-electron chi connectivity index (χ0n) is 6.22. The van der Waals surface area contributed by atoms with Gasteiger partial charge in [0.15, 0.2) is 0 Å². The molecule has 2 rings (SSSR count). The monoisotopic (exact) mass is 251 g/mol. The number of alkyl halides is 1. The second kappa shape index (κ2) is 2.97. The number of hydrogen-bond acceptors (Lipinski definition) is 1. The molecular weight excluding hydrogens is 237 g/mol. The van der Waals surface area contributed by atoms with Crippen molar-refractivity contribution in [1.82, 2.24) is 4.90 Å². The molecule has 1 aliphatic heterocycles. The maximum absolute atomic E-state index is 2.68. The molecule has 0 aromatic rings. The smallest absolute Gasteiger partial charge is 0.0249 e. The maximum atomic E-state index is 2.68. The highest BCUT2D eigenvalue weighted by atomic mass is 127. The Bertz CT molecular complexity index is 122. The van der Waals surface area contributed by atoms with E-state index in [0.29, 0.717) is 0 Å². The molecule has 0 N–H and O–H groups in total. The molecule has 2 fully saturated rings. The van der Waals surface area contributed by atoms with E-state index in [-0.39, 0.29) is 0 Å². The van der Waals surface area contributed by atoms with Gasteiger partial charge in [-0.25, -0.2) is 0 Å². The highest BCUT2D eigenvalue weighted by Crippen LogP contribution is 2.29. The summed E-state index contributed by atoms with van der Waals surface area (Å²) in [5, 5.41) is 0. The van der Waals surface area contributed by atoms with Gasteiger partial charge in [0.1, 0.15) is 0 Å². The third-order valence-corrected chi connectivity index (χ3v) is 3.77. The van der Waals surface area contributed by atoms with E-state index in [1.807, 2.05) is 0 Å². The lowest BCUT2D eigenvalue weighted by atomic mass is 9.92. The van der Waals surface area contributed by atoms with Crippen molar-refractivity contribution in [3.63, 3.8) is 0 Å². The van der Waals surface area contributed by atoms with Crippen LogP contribution in [0.1, 0.15) is 25.7 Å². The predicted octanol–water partition coefficient (Wildman–Crippen LogP) is 2.05. The lowest BCUT2D eigenvalue weighted by Gasteiger charge is -2.34. The molecule has 1 saturated carbocycles. The molecule has 2 aliphatic rings. The first-order valence-corrected chi connectivity index (χ1v) is 5.49. The summed E-state index contributed by atoms with van der Waals surface area (Å²) in [6.45, 7) is 2.74. The van der Waals surface area contributed by atoms with Gasteiger partial charge in [0.2, 0.25) is 0 Å². The molecule has 58 valence electrons. The lowest BCUT2D eigenvalue weighted by molar-refractivity contribution is 0.160. The van der Waals surface area contributed by atoms with Gasteiger partial charge in [-0.1, -0.05) is 29.0 Å². The summed E-state index contributed by atoms with van der Waals surface area (Å²) in [6, 6.07) is 0.986. The normalized spacial score (nSPS) is 36.3. The molecule has 0 amide bonds. The highest BCUT2D eigenvalue weighted by molar-refractivity contribution is 14.1. The maximum Gasteiger partial charge on any atom is 0.0249 e. The van der Waals surface area contributed by atoms with E-state index in [0.717, 1.165) is 9.97 Å². The van der Waals surface area contributed by atoms with Crippen LogP contribution >= 0.6 is 22.6 Å². The van der Waals surface area contributed by atoms with Crippen LogP contribution in [0.5, 0.6) is 0 Å². The van der Waals surface area contributed by atoms with Gasteiger partial charge < -0.3 is 0 Å². The molecule has 1 atom stereocenters. The van der Waals surface area contributed by atoms with Gasteiger partial charge in [0.05, 0.1) is 0 Å². The van der Waals surface area contributed by atoms with Crippen molar-refractivity contribution < 1.29 is 0 Å². The summed E-state index contributed by atoms with van der Waals surface area (Å²) in [5.41, 5.74) is 0. The van der Waals surface area contributed by atoms with Crippen molar-refractivity contribution >= 4 is 22.6 Å². The Labute approximate surface area is 76.3 Å². The van der Waals surface area contributed by atoms with Crippen molar-refractivity contribution in [3.8, 4) is 0 Å². The Morgan fingerprint density at radius 1 is 1.20 bits per heavy atom. The molecule has 0 bridgehead atoms. The average Bonchev–Trinajstić information content (AvgIpc) is 2.10. The van der Waals surface area contributed by atoms with Crippen LogP contribution < -0.4 is 0 Å². The summed E-state index contributed by atoms with van der Waals surface area (Å²) in [6.07, 6.45) is 5.86. The van der Waals surface area contributed by atoms with Gasteiger partial charge in [0.25, 0.3) is 0 Å². The summed E-state index contributed by atoms with van der Waals surface area (Å²) >= 11 is 2.58. The van der Waals surface area contributed by atoms with Gasteiger partial charge in [-0.05, 0) is 25.8 Å². The fourth-order valence-electron chi connectivity index (χ4n) is 1.83. The zero-order chi connectivity index (χ0) is 6.97. The van der Waals surface area contributed by atoms with Gasteiger partial charge >= 0.3 is 0 Å². The summed E-state index contributed by atoms with van der Waals surface area (Å²) in [7, 11) is 0. The van der Waals surface area contributed by atoms with Crippen LogP contribution in [-0.4, -0.2) is 28.0 Å². The van der Waals surface area contributed by atoms with E-state index < -0.39 is 0 Å². The Hall–Kier alpha value is 0.690. The van der Waals surface area contributed by atoms with E-state index in [9.17, 15) is 0 Å². The molecule has 1 heterocycles. The summed E-state index contributed by atoms with van der Waals surface area (Å²) < 4.78 is 0.943. The first-order chi connectivity index (χ1) is 4.86. The predicted molar refractivity (Wildman–Crippen MR) is 51.6 cm³/mol. The molecular formula is C8H14IN. The molecule has 1 saturated heterocycles. The first-order valence-electron chi connectivity index (χ1n) is 4.24. The van der Waals surface area contributed by atoms with Crippen molar-refractivity contribution in [1.29, 1.82) is 0 Å². The van der Waals surface area contributed by atoms with E-state index in [2.05, 4.69) is 27.5 Å². The fourth-order valence-corrected chi connectivity index (χ4v) is 2.61. The quantitative estimate of drug-likeness (QED) is 0.509. The second-order valence-electron chi connectivity index (χ2n) is 3.47. The standard InChI is InChI=1S/C8H14IN/c9-7-4-5-10(6-7)8-2-1-3-8/h7-8H,1-6H2/t7-/m0/s1. The second-order valence-corrected chi connectivity index (χ2v) is 5.23. The molecule has 10 heavy (non-hydrogen) atoms. The van der Waals surface area contributed by atoms with Gasteiger partial charge in [-0.3, -0.25) is 4.90 Å². The number of nitrogens with zero attached hydrogens (tertiary/aromatic N) is 1. The molecule has 0 aromatic carbocycles. The lowest BCUT2D eigenvalue weighted by Crippen LogP contribution is -2.38. The Morgan fingerprint density at radius 2 is 2.00 bits per heavy atom. The van der Waals surface area contributed by atoms with Crippen molar-refractivity contribution in [3.05, 3.63) is 0 Å². The van der Waals surface area contributed by atoms with E-state index in [4.69, 9.17) is 0 Å². The zero-order valence-corrected chi connectivity index (χ0v) is 8.38. The molecule has 0 unspecified atom stereocenters. The number of hydrogen-bond donors (Lipinski definition) is 0. The average molecular weight is 251 g/mol. The molecule has 1 nitrogen and oxygen atoms in total. The van der Waals surface area contributed by atoms with Crippen LogP contribution in [0.15, 0.2) is 0 Å². The first kappa shape index (κ1) is 7.35. The number of halogens is 1. The molecule has 0 aromatic heterocycles. The minimum absolute atomic E-state index is 0.943. The third-order valence-electron chi connectivity index (χ3n) is 2.75. The van der Waals surface area contributed by atoms with Crippen molar-refractivity contribution in [2.24, 2.45) is 0 Å². The Balaban J connectivity index is 1.82. The van der Waals surface area contributed by atoms with Crippen LogP contribution in [-0.2, 0) is 0 Å². The van der Waals surface area contributed by atoms with Crippen LogP contribution in [0.25, 0.3) is 0 Å². The van der Waals surface area contributed by atoms with Crippen LogP contribution in [0.3, 0.4) is 0 Å². The minimum Gasteiger partial charge on any atom is -0.299 e. The molecule has 0 radical (unpaired) electrons. The molecule has 0 spiro atoms. The SMILES string of the molecule is I[C@H]1CCN(C2CCC2)C1. The van der Waals surface area contributed by atoms with E-state index in [1.54, 1.807) is 0 Å².